The van der Waals surface area contributed by atoms with Crippen LogP contribution in [0.25, 0.3) is 0 Å². The van der Waals surface area contributed by atoms with Crippen LogP contribution >= 0.6 is 22.7 Å². The molecule has 9 heteroatoms. The standard InChI is InChI=1S/C11H11N3O4S2/c15-9(16)8(7-2-1-3-19-7)14-10(17)12-4-6-5-20-11(18)13-6/h1-3,5,8H,4H2,(H,13,18)(H,15,16)(H2,12,14,17). The Balaban J connectivity index is 1.92. The highest BCUT2D eigenvalue weighted by atomic mass is 32.1. The molecule has 2 aromatic heterocycles. The van der Waals surface area contributed by atoms with Crippen LogP contribution in [0.15, 0.2) is 27.7 Å². The number of carboxylic acids is 1. The van der Waals surface area contributed by atoms with Gasteiger partial charge in [-0.2, -0.15) is 0 Å². The summed E-state index contributed by atoms with van der Waals surface area (Å²) in [6.07, 6.45) is 0. The first-order valence-corrected chi connectivity index (χ1v) is 7.29. The van der Waals surface area contributed by atoms with Gasteiger partial charge in [-0.05, 0) is 11.4 Å². The van der Waals surface area contributed by atoms with Gasteiger partial charge in [0.25, 0.3) is 0 Å². The second-order valence-corrected chi connectivity index (χ2v) is 5.61. The van der Waals surface area contributed by atoms with Crippen molar-refractivity contribution in [3.63, 3.8) is 0 Å². The van der Waals surface area contributed by atoms with Gasteiger partial charge in [0.2, 0.25) is 0 Å². The van der Waals surface area contributed by atoms with Crippen molar-refractivity contribution in [2.75, 3.05) is 0 Å². The molecule has 106 valence electrons. The van der Waals surface area contributed by atoms with E-state index in [1.54, 1.807) is 22.9 Å². The van der Waals surface area contributed by atoms with Crippen molar-refractivity contribution < 1.29 is 14.7 Å². The topological polar surface area (TPSA) is 111 Å². The molecule has 0 bridgehead atoms. The number of urea groups is 1. The molecule has 2 heterocycles. The van der Waals surface area contributed by atoms with Crippen LogP contribution in [0.4, 0.5) is 4.79 Å². The fourth-order valence-corrected chi connectivity index (χ4v) is 2.82. The lowest BCUT2D eigenvalue weighted by molar-refractivity contribution is -0.139. The van der Waals surface area contributed by atoms with Crippen LogP contribution in [0.5, 0.6) is 0 Å². The van der Waals surface area contributed by atoms with Gasteiger partial charge in [-0.1, -0.05) is 17.4 Å². The largest absolute Gasteiger partial charge is 0.479 e. The molecule has 1 unspecified atom stereocenters. The van der Waals surface area contributed by atoms with E-state index < -0.39 is 18.0 Å². The number of nitrogens with one attached hydrogen (secondary N) is 3. The number of thiophene rings is 1. The summed E-state index contributed by atoms with van der Waals surface area (Å²) in [7, 11) is 0. The Morgan fingerprint density at radius 2 is 2.20 bits per heavy atom. The summed E-state index contributed by atoms with van der Waals surface area (Å²) in [6.45, 7) is 0.126. The zero-order valence-electron chi connectivity index (χ0n) is 10.1. The number of carboxylic acid groups (broad SMARTS) is 1. The molecule has 0 saturated carbocycles. The van der Waals surface area contributed by atoms with E-state index in [2.05, 4.69) is 15.6 Å². The van der Waals surface area contributed by atoms with E-state index in [1.807, 2.05) is 0 Å². The van der Waals surface area contributed by atoms with Gasteiger partial charge in [-0.15, -0.1) is 11.3 Å². The number of rotatable bonds is 5. The average Bonchev–Trinajstić information content (AvgIpc) is 3.04. The van der Waals surface area contributed by atoms with Crippen LogP contribution in [-0.2, 0) is 11.3 Å². The molecule has 4 N–H and O–H groups in total. The van der Waals surface area contributed by atoms with Gasteiger partial charge >= 0.3 is 16.9 Å². The van der Waals surface area contributed by atoms with Gasteiger partial charge in [0.1, 0.15) is 0 Å². The summed E-state index contributed by atoms with van der Waals surface area (Å²) in [5, 5.41) is 17.3. The minimum atomic E-state index is -1.13. The number of aliphatic carboxylic acids is 1. The fourth-order valence-electron chi connectivity index (χ4n) is 1.47. The van der Waals surface area contributed by atoms with E-state index in [4.69, 9.17) is 5.11 Å². The quantitative estimate of drug-likeness (QED) is 0.663. The molecule has 0 aliphatic heterocycles. The number of H-pyrrole nitrogens is 1. The molecule has 0 aliphatic rings. The summed E-state index contributed by atoms with van der Waals surface area (Å²) < 4.78 is 0. The number of aromatic amines is 1. The van der Waals surface area contributed by atoms with Crippen molar-refractivity contribution in [3.8, 4) is 0 Å². The molecule has 7 nitrogen and oxygen atoms in total. The van der Waals surface area contributed by atoms with Crippen molar-refractivity contribution in [3.05, 3.63) is 43.1 Å². The molecular formula is C11H11N3O4S2. The highest BCUT2D eigenvalue weighted by Crippen LogP contribution is 2.18. The summed E-state index contributed by atoms with van der Waals surface area (Å²) in [4.78, 5) is 36.6. The first-order valence-electron chi connectivity index (χ1n) is 5.53. The van der Waals surface area contributed by atoms with E-state index >= 15 is 0 Å². The molecule has 20 heavy (non-hydrogen) atoms. The Labute approximate surface area is 121 Å². The van der Waals surface area contributed by atoms with Gasteiger partial charge in [0.15, 0.2) is 6.04 Å². The monoisotopic (exact) mass is 313 g/mol. The van der Waals surface area contributed by atoms with Gasteiger partial charge in [0, 0.05) is 16.0 Å². The summed E-state index contributed by atoms with van der Waals surface area (Å²) in [5.74, 6) is -1.13. The highest BCUT2D eigenvalue weighted by molar-refractivity contribution is 7.10. The van der Waals surface area contributed by atoms with E-state index in [1.165, 1.54) is 11.3 Å². The maximum atomic E-state index is 11.7. The van der Waals surface area contributed by atoms with Gasteiger partial charge in [-0.3, -0.25) is 4.79 Å². The molecular weight excluding hydrogens is 302 g/mol. The van der Waals surface area contributed by atoms with Crippen molar-refractivity contribution >= 4 is 34.7 Å². The molecule has 0 spiro atoms. The predicted molar refractivity (Wildman–Crippen MR) is 75.0 cm³/mol. The summed E-state index contributed by atoms with van der Waals surface area (Å²) in [6, 6.07) is 1.65. The van der Waals surface area contributed by atoms with Crippen LogP contribution in [0.3, 0.4) is 0 Å². The van der Waals surface area contributed by atoms with Crippen molar-refractivity contribution in [2.45, 2.75) is 12.6 Å². The number of thiazole rings is 1. The normalized spacial score (nSPS) is 11.8. The summed E-state index contributed by atoms with van der Waals surface area (Å²) >= 11 is 2.25. The van der Waals surface area contributed by atoms with Gasteiger partial charge < -0.3 is 20.7 Å². The predicted octanol–water partition coefficient (Wildman–Crippen LogP) is 1.12. The second kappa shape index (κ2) is 6.35. The Morgan fingerprint density at radius 1 is 1.40 bits per heavy atom. The Morgan fingerprint density at radius 3 is 2.75 bits per heavy atom. The van der Waals surface area contributed by atoms with Crippen molar-refractivity contribution in [2.24, 2.45) is 0 Å². The van der Waals surface area contributed by atoms with E-state index in [-0.39, 0.29) is 11.4 Å². The lowest BCUT2D eigenvalue weighted by Crippen LogP contribution is -2.40. The number of hydrogen-bond acceptors (Lipinski definition) is 5. The number of carbonyl (C=O) groups is 2. The first kappa shape index (κ1) is 14.3. The third-order valence-corrected chi connectivity index (χ3v) is 4.02. The number of aromatic nitrogens is 1. The Bertz CT molecular complexity index is 647. The molecule has 2 rings (SSSR count). The van der Waals surface area contributed by atoms with Crippen LogP contribution in [0, 0.1) is 0 Å². The van der Waals surface area contributed by atoms with Crippen LogP contribution in [0.1, 0.15) is 16.6 Å². The van der Waals surface area contributed by atoms with Crippen molar-refractivity contribution in [1.29, 1.82) is 0 Å². The van der Waals surface area contributed by atoms with E-state index in [9.17, 15) is 14.4 Å². The van der Waals surface area contributed by atoms with Crippen LogP contribution in [0.2, 0.25) is 0 Å². The lowest BCUT2D eigenvalue weighted by Gasteiger charge is -2.13. The summed E-state index contributed by atoms with van der Waals surface area (Å²) in [5.41, 5.74) is 0.568. The second-order valence-electron chi connectivity index (χ2n) is 3.79. The van der Waals surface area contributed by atoms with Gasteiger partial charge in [0.05, 0.1) is 6.54 Å². The fraction of sp³-hybridized carbons (Fsp3) is 0.182. The highest BCUT2D eigenvalue weighted by Gasteiger charge is 2.22. The molecule has 0 aromatic carbocycles. The molecule has 0 saturated heterocycles. The van der Waals surface area contributed by atoms with Gasteiger partial charge in [-0.25, -0.2) is 9.59 Å². The number of amides is 2. The molecule has 0 radical (unpaired) electrons. The van der Waals surface area contributed by atoms with Crippen LogP contribution in [-0.4, -0.2) is 22.1 Å². The number of carbonyl (C=O) groups excluding carboxylic acids is 1. The maximum Gasteiger partial charge on any atom is 0.331 e. The Hall–Kier alpha value is -2.13. The third-order valence-electron chi connectivity index (χ3n) is 2.36. The minimum absolute atomic E-state index is 0.126. The smallest absolute Gasteiger partial charge is 0.331 e. The van der Waals surface area contributed by atoms with Crippen LogP contribution < -0.4 is 15.5 Å². The molecule has 1 atom stereocenters. The first-order chi connectivity index (χ1) is 9.56. The van der Waals surface area contributed by atoms with E-state index in [0.717, 1.165) is 11.3 Å². The minimum Gasteiger partial charge on any atom is -0.479 e. The molecule has 2 aromatic rings. The molecule has 0 fully saturated rings. The maximum absolute atomic E-state index is 11.7. The lowest BCUT2D eigenvalue weighted by atomic mass is 10.2. The number of hydrogen-bond donors (Lipinski definition) is 4. The Kier molecular flexibility index (Phi) is 4.53. The molecule has 2 amide bonds. The van der Waals surface area contributed by atoms with Crippen molar-refractivity contribution in [1.82, 2.24) is 15.6 Å². The third kappa shape index (κ3) is 3.68. The van der Waals surface area contributed by atoms with E-state index in [0.29, 0.717) is 10.6 Å². The SMILES string of the molecule is O=C(NCc1csc(=O)[nH]1)NC(C(=O)O)c1cccs1. The zero-order chi connectivity index (χ0) is 14.5. The average molecular weight is 313 g/mol. The zero-order valence-corrected chi connectivity index (χ0v) is 11.7. The molecule has 0 aliphatic carbocycles.